The number of nitrogens with zero attached hydrogens (tertiary/aromatic N) is 2. The molecule has 1 spiro atoms. The number of sulfonamides is 1. The third-order valence-corrected chi connectivity index (χ3v) is 8.76. The number of amides is 1. The highest BCUT2D eigenvalue weighted by molar-refractivity contribution is 7.89. The zero-order valence-electron chi connectivity index (χ0n) is 16.3. The molecule has 152 valence electrons. The van der Waals surface area contributed by atoms with Gasteiger partial charge in [0.05, 0.1) is 4.90 Å². The lowest BCUT2D eigenvalue weighted by molar-refractivity contribution is 0.0940. The molecule has 0 radical (unpaired) electrons. The van der Waals surface area contributed by atoms with Crippen LogP contribution in [-0.4, -0.2) is 42.7 Å². The third kappa shape index (κ3) is 3.36. The summed E-state index contributed by atoms with van der Waals surface area (Å²) in [5.74, 6) is -0.0810. The van der Waals surface area contributed by atoms with Crippen molar-refractivity contribution in [3.63, 3.8) is 0 Å². The van der Waals surface area contributed by atoms with Gasteiger partial charge in [-0.2, -0.15) is 4.31 Å². The Labute approximate surface area is 171 Å². The number of hydrogen-bond acceptors (Lipinski definition) is 4. The molecule has 2 aromatic rings. The molecule has 1 N–H and O–H groups in total. The van der Waals surface area contributed by atoms with Crippen LogP contribution in [0, 0.1) is 5.41 Å². The van der Waals surface area contributed by atoms with E-state index in [1.54, 1.807) is 34.9 Å². The monoisotopic (exact) mass is 411 g/mol. The zero-order chi connectivity index (χ0) is 20.1. The summed E-state index contributed by atoms with van der Waals surface area (Å²) in [6, 6.07) is 9.15. The highest BCUT2D eigenvalue weighted by Crippen LogP contribution is 2.54. The Hall–Kier alpha value is -2.25. The summed E-state index contributed by atoms with van der Waals surface area (Å²) in [5.41, 5.74) is 3.12. The Balaban J connectivity index is 1.22. The molecular weight excluding hydrogens is 386 g/mol. The van der Waals surface area contributed by atoms with Gasteiger partial charge in [0.2, 0.25) is 10.0 Å². The molecule has 1 saturated heterocycles. The summed E-state index contributed by atoms with van der Waals surface area (Å²) in [6.07, 6.45) is 8.86. The molecule has 3 aliphatic rings. The molecule has 1 aromatic carbocycles. The topological polar surface area (TPSA) is 79.4 Å². The number of hydrogen-bond donors (Lipinski definition) is 1. The van der Waals surface area contributed by atoms with Crippen molar-refractivity contribution in [2.24, 2.45) is 5.41 Å². The Bertz CT molecular complexity index is 1040. The van der Waals surface area contributed by atoms with Gasteiger partial charge in [0.1, 0.15) is 0 Å². The maximum Gasteiger partial charge on any atom is 0.251 e. The molecule has 2 heterocycles. The lowest BCUT2D eigenvalue weighted by atomic mass is 9.94. The molecule has 5 rings (SSSR count). The number of fused-ring (bicyclic) bond motifs is 1. The standard InChI is InChI=1S/C22H25N3O3S/c26-21(17-6-10-23-11-7-17)24-20-15-22(20)8-12-25(13-9-22)29(27,28)19-5-4-16-2-1-3-18(16)14-19/h4-7,10-11,14,20H,1-3,8-9,12-13,15H2,(H,24,26). The van der Waals surface area contributed by atoms with E-state index < -0.39 is 10.0 Å². The normalized spacial score (nSPS) is 23.0. The molecule has 1 aromatic heterocycles. The van der Waals surface area contributed by atoms with Gasteiger partial charge in [-0.1, -0.05) is 6.07 Å². The Kier molecular flexibility index (Phi) is 4.47. The molecule has 7 heteroatoms. The van der Waals surface area contributed by atoms with Crippen LogP contribution in [0.1, 0.15) is 47.2 Å². The van der Waals surface area contributed by atoms with Crippen LogP contribution in [0.5, 0.6) is 0 Å². The molecule has 6 nitrogen and oxygen atoms in total. The molecule has 1 aliphatic heterocycles. The first-order valence-corrected chi connectivity index (χ1v) is 11.7. The maximum absolute atomic E-state index is 13.1. The summed E-state index contributed by atoms with van der Waals surface area (Å²) in [4.78, 5) is 16.7. The van der Waals surface area contributed by atoms with Gasteiger partial charge in [-0.05, 0) is 79.3 Å². The minimum absolute atomic E-state index is 0.0483. The quantitative estimate of drug-likeness (QED) is 0.839. The second kappa shape index (κ2) is 6.92. The fourth-order valence-corrected chi connectivity index (χ4v) is 6.37. The van der Waals surface area contributed by atoms with E-state index in [0.717, 1.165) is 38.5 Å². The van der Waals surface area contributed by atoms with Crippen LogP contribution in [0.3, 0.4) is 0 Å². The van der Waals surface area contributed by atoms with Gasteiger partial charge in [-0.3, -0.25) is 9.78 Å². The number of aryl methyl sites for hydroxylation is 2. The molecular formula is C22H25N3O3S. The van der Waals surface area contributed by atoms with Crippen molar-refractivity contribution < 1.29 is 13.2 Å². The molecule has 2 aliphatic carbocycles. The number of aromatic nitrogens is 1. The Morgan fingerprint density at radius 3 is 2.55 bits per heavy atom. The number of carbonyl (C=O) groups is 1. The SMILES string of the molecule is O=C(NC1CC12CCN(S(=O)(=O)c1ccc3c(c1)CCC3)CC2)c1ccncc1. The van der Waals surface area contributed by atoms with Gasteiger partial charge in [-0.15, -0.1) is 0 Å². The van der Waals surface area contributed by atoms with E-state index in [-0.39, 0.29) is 17.4 Å². The van der Waals surface area contributed by atoms with Crippen LogP contribution >= 0.6 is 0 Å². The van der Waals surface area contributed by atoms with E-state index in [1.165, 1.54) is 11.1 Å². The van der Waals surface area contributed by atoms with Crippen LogP contribution < -0.4 is 5.32 Å². The van der Waals surface area contributed by atoms with Gasteiger partial charge < -0.3 is 5.32 Å². The number of nitrogens with one attached hydrogen (secondary N) is 1. The summed E-state index contributed by atoms with van der Waals surface area (Å²) in [5, 5.41) is 3.11. The largest absolute Gasteiger partial charge is 0.349 e. The number of piperidine rings is 1. The fourth-order valence-electron chi connectivity index (χ4n) is 4.88. The van der Waals surface area contributed by atoms with E-state index in [4.69, 9.17) is 0 Å². The summed E-state index contributed by atoms with van der Waals surface area (Å²) < 4.78 is 27.8. The molecule has 1 unspecified atom stereocenters. The van der Waals surface area contributed by atoms with Gasteiger partial charge in [-0.25, -0.2) is 8.42 Å². The average molecular weight is 412 g/mol. The molecule has 2 fully saturated rings. The molecule has 1 saturated carbocycles. The van der Waals surface area contributed by atoms with Crippen LogP contribution in [0.2, 0.25) is 0 Å². The second-order valence-corrected chi connectivity index (χ2v) is 10.5. The van der Waals surface area contributed by atoms with Crippen LogP contribution in [0.4, 0.5) is 0 Å². The average Bonchev–Trinajstić information content (AvgIpc) is 3.17. The third-order valence-electron chi connectivity index (χ3n) is 6.86. The molecule has 29 heavy (non-hydrogen) atoms. The first-order chi connectivity index (χ1) is 14.0. The van der Waals surface area contributed by atoms with Crippen molar-refractivity contribution in [1.82, 2.24) is 14.6 Å². The van der Waals surface area contributed by atoms with Crippen molar-refractivity contribution in [3.8, 4) is 0 Å². The first kappa shape index (κ1) is 18.8. The van der Waals surface area contributed by atoms with Crippen molar-refractivity contribution in [1.29, 1.82) is 0 Å². The van der Waals surface area contributed by atoms with Crippen molar-refractivity contribution in [2.45, 2.75) is 49.5 Å². The van der Waals surface area contributed by atoms with Crippen molar-refractivity contribution >= 4 is 15.9 Å². The Morgan fingerprint density at radius 2 is 1.79 bits per heavy atom. The summed E-state index contributed by atoms with van der Waals surface area (Å²) in [7, 11) is -3.45. The molecule has 1 amide bonds. The highest BCUT2D eigenvalue weighted by atomic mass is 32.2. The van der Waals surface area contributed by atoms with E-state index in [1.807, 2.05) is 12.1 Å². The minimum atomic E-state index is -3.45. The minimum Gasteiger partial charge on any atom is -0.349 e. The first-order valence-electron chi connectivity index (χ1n) is 10.3. The highest BCUT2D eigenvalue weighted by Gasteiger charge is 2.56. The lowest BCUT2D eigenvalue weighted by Crippen LogP contribution is -2.41. The van der Waals surface area contributed by atoms with Crippen LogP contribution in [-0.2, 0) is 22.9 Å². The Morgan fingerprint density at radius 1 is 1.07 bits per heavy atom. The second-order valence-electron chi connectivity index (χ2n) is 8.52. The predicted octanol–water partition coefficient (Wildman–Crippen LogP) is 2.54. The predicted molar refractivity (Wildman–Crippen MR) is 109 cm³/mol. The van der Waals surface area contributed by atoms with Crippen molar-refractivity contribution in [2.75, 3.05) is 13.1 Å². The van der Waals surface area contributed by atoms with Crippen molar-refractivity contribution in [3.05, 3.63) is 59.4 Å². The van der Waals surface area contributed by atoms with Gasteiger partial charge in [0.15, 0.2) is 0 Å². The van der Waals surface area contributed by atoms with Gasteiger partial charge in [0, 0.05) is 37.1 Å². The van der Waals surface area contributed by atoms with E-state index in [0.29, 0.717) is 23.5 Å². The van der Waals surface area contributed by atoms with Crippen LogP contribution in [0.15, 0.2) is 47.6 Å². The van der Waals surface area contributed by atoms with Gasteiger partial charge in [0.25, 0.3) is 5.91 Å². The van der Waals surface area contributed by atoms with Crippen LogP contribution in [0.25, 0.3) is 0 Å². The zero-order valence-corrected chi connectivity index (χ0v) is 17.1. The smallest absolute Gasteiger partial charge is 0.251 e. The number of pyridine rings is 1. The maximum atomic E-state index is 13.1. The number of rotatable bonds is 4. The fraction of sp³-hybridized carbons (Fsp3) is 0.455. The molecule has 1 atom stereocenters. The number of carbonyl (C=O) groups excluding carboxylic acids is 1. The van der Waals surface area contributed by atoms with E-state index in [9.17, 15) is 13.2 Å². The summed E-state index contributed by atoms with van der Waals surface area (Å²) >= 11 is 0. The molecule has 0 bridgehead atoms. The van der Waals surface area contributed by atoms with E-state index in [2.05, 4.69) is 10.3 Å². The lowest BCUT2D eigenvalue weighted by Gasteiger charge is -2.32. The van der Waals surface area contributed by atoms with E-state index >= 15 is 0 Å². The van der Waals surface area contributed by atoms with Gasteiger partial charge >= 0.3 is 0 Å². The summed E-state index contributed by atoms with van der Waals surface area (Å²) in [6.45, 7) is 1.03. The number of benzene rings is 1.